The molecule has 1 heterocycles. The molecule has 6 heteroatoms. The van der Waals surface area contributed by atoms with E-state index in [9.17, 15) is 10.2 Å². The average Bonchev–Trinajstić information content (AvgIpc) is 3.11. The first-order valence-corrected chi connectivity index (χ1v) is 12.0. The fraction of sp³-hybridized carbons (Fsp3) is 0.520. The third-order valence-electron chi connectivity index (χ3n) is 7.40. The standard InChI is InChI=1S/C25H32BBrO4/c1-23(2)24(3,4)31-26(30-23)17-7-9-19-20-10-8-18(27)16-22(20)25(11-5-13-28,12-6-14-29)21(19)15-17/h7-10,15-16,28-29H,5-6,11-14H2,1-4H3. The molecule has 1 aliphatic heterocycles. The second-order valence-corrected chi connectivity index (χ2v) is 10.7. The van der Waals surface area contributed by atoms with E-state index in [-0.39, 0.29) is 18.6 Å². The average molecular weight is 487 g/mol. The van der Waals surface area contributed by atoms with Gasteiger partial charge in [-0.2, -0.15) is 0 Å². The van der Waals surface area contributed by atoms with Crippen molar-refractivity contribution in [3.8, 4) is 11.1 Å². The number of hydrogen-bond acceptors (Lipinski definition) is 4. The first-order chi connectivity index (χ1) is 14.6. The van der Waals surface area contributed by atoms with Gasteiger partial charge in [0, 0.05) is 23.1 Å². The summed E-state index contributed by atoms with van der Waals surface area (Å²) in [5.41, 5.74) is 4.94. The molecule has 2 N–H and O–H groups in total. The van der Waals surface area contributed by atoms with Gasteiger partial charge >= 0.3 is 7.12 Å². The van der Waals surface area contributed by atoms with Crippen LogP contribution in [0.3, 0.4) is 0 Å². The molecule has 0 amide bonds. The Balaban J connectivity index is 1.84. The Morgan fingerprint density at radius 3 is 1.87 bits per heavy atom. The summed E-state index contributed by atoms with van der Waals surface area (Å²) in [5, 5.41) is 19.3. The zero-order valence-electron chi connectivity index (χ0n) is 18.9. The van der Waals surface area contributed by atoms with Crippen molar-refractivity contribution in [2.45, 2.75) is 70.0 Å². The van der Waals surface area contributed by atoms with E-state index in [1.807, 2.05) is 0 Å². The van der Waals surface area contributed by atoms with Crippen LogP contribution in [0.5, 0.6) is 0 Å². The summed E-state index contributed by atoms with van der Waals surface area (Å²) in [7, 11) is -0.417. The van der Waals surface area contributed by atoms with E-state index in [1.165, 1.54) is 22.3 Å². The maximum absolute atomic E-state index is 9.66. The molecule has 4 rings (SSSR count). The Bertz CT molecular complexity index is 948. The second kappa shape index (κ2) is 8.31. The maximum atomic E-state index is 9.66. The lowest BCUT2D eigenvalue weighted by molar-refractivity contribution is 0.00578. The van der Waals surface area contributed by atoms with Crippen LogP contribution < -0.4 is 5.46 Å². The van der Waals surface area contributed by atoms with Gasteiger partial charge < -0.3 is 19.5 Å². The van der Waals surface area contributed by atoms with Gasteiger partial charge in [0.2, 0.25) is 0 Å². The van der Waals surface area contributed by atoms with E-state index >= 15 is 0 Å². The third-order valence-corrected chi connectivity index (χ3v) is 7.89. The van der Waals surface area contributed by atoms with Gasteiger partial charge in [0.1, 0.15) is 0 Å². The zero-order valence-corrected chi connectivity index (χ0v) is 20.5. The number of rotatable bonds is 7. The topological polar surface area (TPSA) is 58.9 Å². The van der Waals surface area contributed by atoms with E-state index in [1.54, 1.807) is 0 Å². The van der Waals surface area contributed by atoms with Crippen LogP contribution in [0, 0.1) is 0 Å². The number of hydrogen-bond donors (Lipinski definition) is 2. The quantitative estimate of drug-likeness (QED) is 0.563. The molecule has 0 spiro atoms. The van der Waals surface area contributed by atoms with E-state index in [4.69, 9.17) is 9.31 Å². The Hall–Kier alpha value is -1.18. The van der Waals surface area contributed by atoms with Crippen LogP contribution in [0.4, 0.5) is 0 Å². The van der Waals surface area contributed by atoms with Gasteiger partial charge in [-0.1, -0.05) is 40.2 Å². The molecule has 0 unspecified atom stereocenters. The Morgan fingerprint density at radius 1 is 0.806 bits per heavy atom. The summed E-state index contributed by atoms with van der Waals surface area (Å²) in [4.78, 5) is 0. The highest BCUT2D eigenvalue weighted by Gasteiger charge is 2.52. The van der Waals surface area contributed by atoms with Crippen molar-refractivity contribution in [2.75, 3.05) is 13.2 Å². The monoisotopic (exact) mass is 486 g/mol. The minimum absolute atomic E-state index is 0.149. The van der Waals surface area contributed by atoms with Gasteiger partial charge in [0.15, 0.2) is 0 Å². The van der Waals surface area contributed by atoms with E-state index < -0.39 is 18.3 Å². The van der Waals surface area contributed by atoms with Crippen LogP contribution >= 0.6 is 15.9 Å². The molecule has 2 aromatic carbocycles. The molecule has 0 saturated carbocycles. The van der Waals surface area contributed by atoms with Crippen molar-refractivity contribution in [1.82, 2.24) is 0 Å². The fourth-order valence-corrected chi connectivity index (χ4v) is 5.40. The minimum atomic E-state index is -0.417. The SMILES string of the molecule is CC1(C)OB(c2ccc3c(c2)C(CCCO)(CCCO)c2cc(Br)ccc2-3)OC1(C)C. The van der Waals surface area contributed by atoms with Crippen molar-refractivity contribution < 1.29 is 19.5 Å². The molecule has 2 aromatic rings. The van der Waals surface area contributed by atoms with Crippen molar-refractivity contribution in [3.63, 3.8) is 0 Å². The lowest BCUT2D eigenvalue weighted by Crippen LogP contribution is -2.41. The van der Waals surface area contributed by atoms with Gasteiger partial charge in [0.05, 0.1) is 11.2 Å². The smallest absolute Gasteiger partial charge is 0.399 e. The molecule has 1 saturated heterocycles. The summed E-state index contributed by atoms with van der Waals surface area (Å²) in [6, 6.07) is 13.0. The normalized spacial score (nSPS) is 20.0. The molecule has 31 heavy (non-hydrogen) atoms. The summed E-state index contributed by atoms with van der Waals surface area (Å²) >= 11 is 3.65. The van der Waals surface area contributed by atoms with Crippen LogP contribution in [0.1, 0.15) is 64.5 Å². The van der Waals surface area contributed by atoms with Gasteiger partial charge in [-0.05, 0) is 93.2 Å². The zero-order chi connectivity index (χ0) is 22.4. The number of halogens is 1. The van der Waals surface area contributed by atoms with Crippen LogP contribution in [-0.4, -0.2) is 41.7 Å². The molecule has 166 valence electrons. The highest BCUT2D eigenvalue weighted by atomic mass is 79.9. The first kappa shape index (κ1) is 23.0. The van der Waals surface area contributed by atoms with Gasteiger partial charge in [0.25, 0.3) is 0 Å². The summed E-state index contributed by atoms with van der Waals surface area (Å²) in [5.74, 6) is 0. The molecular formula is C25H32BBrO4. The van der Waals surface area contributed by atoms with E-state index in [2.05, 4.69) is 80.0 Å². The van der Waals surface area contributed by atoms with Crippen molar-refractivity contribution in [2.24, 2.45) is 0 Å². The highest BCUT2D eigenvalue weighted by Crippen LogP contribution is 2.54. The van der Waals surface area contributed by atoms with Gasteiger partial charge in [-0.15, -0.1) is 0 Å². The lowest BCUT2D eigenvalue weighted by atomic mass is 9.69. The maximum Gasteiger partial charge on any atom is 0.494 e. The number of fused-ring (bicyclic) bond motifs is 3. The van der Waals surface area contributed by atoms with Crippen molar-refractivity contribution in [1.29, 1.82) is 0 Å². The summed E-state index contributed by atoms with van der Waals surface area (Å²) in [6.45, 7) is 8.58. The molecule has 0 atom stereocenters. The largest absolute Gasteiger partial charge is 0.494 e. The fourth-order valence-electron chi connectivity index (χ4n) is 5.04. The van der Waals surface area contributed by atoms with Crippen LogP contribution in [0.25, 0.3) is 11.1 Å². The third kappa shape index (κ3) is 3.81. The Morgan fingerprint density at radius 2 is 1.32 bits per heavy atom. The molecule has 0 bridgehead atoms. The van der Waals surface area contributed by atoms with Crippen molar-refractivity contribution in [3.05, 3.63) is 52.0 Å². The molecule has 0 radical (unpaired) electrons. The van der Waals surface area contributed by atoms with E-state index in [0.29, 0.717) is 12.8 Å². The van der Waals surface area contributed by atoms with E-state index in [0.717, 1.165) is 22.8 Å². The lowest BCUT2D eigenvalue weighted by Gasteiger charge is -2.33. The first-order valence-electron chi connectivity index (χ1n) is 11.2. The van der Waals surface area contributed by atoms with Gasteiger partial charge in [-0.25, -0.2) is 0 Å². The number of aliphatic hydroxyl groups is 2. The predicted octanol–water partition coefficient (Wildman–Crippen LogP) is 4.56. The predicted molar refractivity (Wildman–Crippen MR) is 129 cm³/mol. The molecule has 1 fully saturated rings. The number of benzene rings is 2. The van der Waals surface area contributed by atoms with Crippen LogP contribution in [0.2, 0.25) is 0 Å². The number of aliphatic hydroxyl groups excluding tert-OH is 2. The Labute approximate surface area is 194 Å². The Kier molecular flexibility index (Phi) is 6.16. The van der Waals surface area contributed by atoms with Gasteiger partial charge in [-0.3, -0.25) is 0 Å². The molecule has 0 aromatic heterocycles. The minimum Gasteiger partial charge on any atom is -0.399 e. The molecule has 4 nitrogen and oxygen atoms in total. The molecule has 2 aliphatic rings. The molecule has 1 aliphatic carbocycles. The summed E-state index contributed by atoms with van der Waals surface area (Å²) in [6.07, 6.45) is 3.06. The van der Waals surface area contributed by atoms with Crippen LogP contribution in [-0.2, 0) is 14.7 Å². The highest BCUT2D eigenvalue weighted by molar-refractivity contribution is 9.10. The van der Waals surface area contributed by atoms with Crippen molar-refractivity contribution >= 4 is 28.5 Å². The second-order valence-electron chi connectivity index (χ2n) is 9.82. The van der Waals surface area contributed by atoms with Crippen LogP contribution in [0.15, 0.2) is 40.9 Å². The summed E-state index contributed by atoms with van der Waals surface area (Å²) < 4.78 is 13.7. The molecular weight excluding hydrogens is 455 g/mol.